The molecule has 19 heavy (non-hydrogen) atoms. The smallest absolute Gasteiger partial charge is 0.337 e. The molecule has 1 amide bonds. The molecule has 1 aromatic rings. The van der Waals surface area contributed by atoms with Crippen molar-refractivity contribution in [1.82, 2.24) is 5.32 Å². The zero-order valence-corrected chi connectivity index (χ0v) is 11.8. The number of hydrogen-bond donors (Lipinski definition) is 3. The molecule has 104 valence electrons. The van der Waals surface area contributed by atoms with Crippen molar-refractivity contribution < 1.29 is 14.7 Å². The van der Waals surface area contributed by atoms with E-state index >= 15 is 0 Å². The van der Waals surface area contributed by atoms with Gasteiger partial charge in [0.25, 0.3) is 0 Å². The van der Waals surface area contributed by atoms with Gasteiger partial charge in [-0.25, -0.2) is 4.79 Å². The summed E-state index contributed by atoms with van der Waals surface area (Å²) in [5.74, 6) is -1.57. The van der Waals surface area contributed by atoms with E-state index in [0.29, 0.717) is 6.54 Å². The summed E-state index contributed by atoms with van der Waals surface area (Å²) in [4.78, 5) is 22.7. The van der Waals surface area contributed by atoms with Gasteiger partial charge in [0.15, 0.2) is 0 Å². The van der Waals surface area contributed by atoms with E-state index in [1.54, 1.807) is 0 Å². The molecule has 0 heterocycles. The lowest BCUT2D eigenvalue weighted by Crippen LogP contribution is -2.29. The summed E-state index contributed by atoms with van der Waals surface area (Å²) in [6.45, 7) is 2.77. The van der Waals surface area contributed by atoms with Crippen LogP contribution in [0.1, 0.15) is 23.7 Å². The van der Waals surface area contributed by atoms with Gasteiger partial charge in [0.05, 0.1) is 22.8 Å². The topological polar surface area (TPSA) is 78.4 Å². The molecule has 3 N–H and O–H groups in total. The van der Waals surface area contributed by atoms with E-state index < -0.39 is 5.97 Å². The maximum absolute atomic E-state index is 11.6. The van der Waals surface area contributed by atoms with Gasteiger partial charge >= 0.3 is 5.97 Å². The zero-order valence-electron chi connectivity index (χ0n) is 10.3. The maximum atomic E-state index is 11.6. The van der Waals surface area contributed by atoms with Crippen LogP contribution in [0.15, 0.2) is 12.1 Å². The van der Waals surface area contributed by atoms with Crippen molar-refractivity contribution in [2.45, 2.75) is 13.3 Å². The first-order valence-electron chi connectivity index (χ1n) is 5.68. The molecule has 0 aromatic heterocycles. The van der Waals surface area contributed by atoms with Gasteiger partial charge < -0.3 is 15.7 Å². The maximum Gasteiger partial charge on any atom is 0.337 e. The number of carbonyl (C=O) groups excluding carboxylic acids is 1. The summed E-state index contributed by atoms with van der Waals surface area (Å²) >= 11 is 11.6. The van der Waals surface area contributed by atoms with Crippen molar-refractivity contribution >= 4 is 40.8 Å². The van der Waals surface area contributed by atoms with Crippen molar-refractivity contribution in [2.75, 3.05) is 18.4 Å². The van der Waals surface area contributed by atoms with Crippen LogP contribution in [0, 0.1) is 0 Å². The van der Waals surface area contributed by atoms with Crippen molar-refractivity contribution in [3.63, 3.8) is 0 Å². The number of hydrogen-bond acceptors (Lipinski definition) is 3. The van der Waals surface area contributed by atoms with E-state index in [-0.39, 0.29) is 33.7 Å². The van der Waals surface area contributed by atoms with E-state index in [2.05, 4.69) is 10.6 Å². The van der Waals surface area contributed by atoms with Gasteiger partial charge in [-0.1, -0.05) is 30.1 Å². The molecular formula is C12H14Cl2N2O3. The van der Waals surface area contributed by atoms with Crippen LogP contribution < -0.4 is 10.6 Å². The molecule has 7 heteroatoms. The summed E-state index contributed by atoms with van der Waals surface area (Å²) in [6.07, 6.45) is 0.898. The summed E-state index contributed by atoms with van der Waals surface area (Å²) < 4.78 is 0. The number of rotatable bonds is 6. The Balaban J connectivity index is 2.88. The van der Waals surface area contributed by atoms with Crippen LogP contribution in [-0.2, 0) is 4.79 Å². The van der Waals surface area contributed by atoms with Crippen molar-refractivity contribution in [2.24, 2.45) is 0 Å². The number of amides is 1. The number of anilines is 1. The Morgan fingerprint density at radius 1 is 1.32 bits per heavy atom. The predicted molar refractivity (Wildman–Crippen MR) is 75.2 cm³/mol. The van der Waals surface area contributed by atoms with E-state index in [1.807, 2.05) is 6.92 Å². The molecule has 5 nitrogen and oxygen atoms in total. The summed E-state index contributed by atoms with van der Waals surface area (Å²) in [5, 5.41) is 14.7. The van der Waals surface area contributed by atoms with Crippen LogP contribution in [0.5, 0.6) is 0 Å². The number of benzene rings is 1. The average Bonchev–Trinajstić information content (AvgIpc) is 2.32. The summed E-state index contributed by atoms with van der Waals surface area (Å²) in [5.41, 5.74) is -0.0804. The summed E-state index contributed by atoms with van der Waals surface area (Å²) in [7, 11) is 0. The third kappa shape index (κ3) is 4.70. The fourth-order valence-corrected chi connectivity index (χ4v) is 1.97. The highest BCUT2D eigenvalue weighted by molar-refractivity contribution is 6.37. The van der Waals surface area contributed by atoms with Crippen molar-refractivity contribution in [1.29, 1.82) is 0 Å². The zero-order chi connectivity index (χ0) is 14.4. The molecule has 0 aliphatic carbocycles. The molecule has 0 aliphatic rings. The minimum atomic E-state index is -1.21. The van der Waals surface area contributed by atoms with E-state index in [1.165, 1.54) is 12.1 Å². The Morgan fingerprint density at radius 2 is 2.00 bits per heavy atom. The molecule has 0 saturated heterocycles. The molecule has 0 aliphatic heterocycles. The second-order valence-corrected chi connectivity index (χ2v) is 4.68. The van der Waals surface area contributed by atoms with Gasteiger partial charge in [-0.15, -0.1) is 0 Å². The number of carbonyl (C=O) groups is 2. The van der Waals surface area contributed by atoms with E-state index in [0.717, 1.165) is 6.42 Å². The highest BCUT2D eigenvalue weighted by atomic mass is 35.5. The third-order valence-electron chi connectivity index (χ3n) is 2.26. The largest absolute Gasteiger partial charge is 0.478 e. The number of aromatic carboxylic acids is 1. The van der Waals surface area contributed by atoms with E-state index in [9.17, 15) is 9.59 Å². The minimum absolute atomic E-state index is 0.0573. The van der Waals surface area contributed by atoms with Crippen LogP contribution in [0.2, 0.25) is 10.0 Å². The number of carboxylic acids is 1. The molecule has 0 unspecified atom stereocenters. The molecule has 1 rings (SSSR count). The number of carboxylic acid groups (broad SMARTS) is 1. The number of halogens is 2. The van der Waals surface area contributed by atoms with Crippen LogP contribution in [-0.4, -0.2) is 30.1 Å². The van der Waals surface area contributed by atoms with Gasteiger partial charge in [-0.2, -0.15) is 0 Å². The van der Waals surface area contributed by atoms with Gasteiger partial charge in [0.1, 0.15) is 0 Å². The minimum Gasteiger partial charge on any atom is -0.478 e. The molecular weight excluding hydrogens is 291 g/mol. The monoisotopic (exact) mass is 304 g/mol. The highest BCUT2D eigenvalue weighted by Crippen LogP contribution is 2.30. The second kappa shape index (κ2) is 7.33. The van der Waals surface area contributed by atoms with Crippen LogP contribution in [0.4, 0.5) is 5.69 Å². The second-order valence-electron chi connectivity index (χ2n) is 3.84. The van der Waals surface area contributed by atoms with Crippen LogP contribution in [0.3, 0.4) is 0 Å². The molecule has 0 atom stereocenters. The first-order valence-corrected chi connectivity index (χ1v) is 6.44. The quantitative estimate of drug-likeness (QED) is 0.706. The first kappa shape index (κ1) is 15.8. The molecule has 0 saturated carbocycles. The normalized spacial score (nSPS) is 10.3. The SMILES string of the molecule is CCCNCC(=O)Nc1c(Cl)cc(Cl)cc1C(=O)O. The van der Waals surface area contributed by atoms with Gasteiger partial charge in [-0.3, -0.25) is 4.79 Å². The Morgan fingerprint density at radius 3 is 2.58 bits per heavy atom. The fraction of sp³-hybridized carbons (Fsp3) is 0.333. The molecule has 0 fully saturated rings. The fourth-order valence-electron chi connectivity index (χ4n) is 1.43. The third-order valence-corrected chi connectivity index (χ3v) is 2.78. The standard InChI is InChI=1S/C12H14Cl2N2O3/c1-2-3-15-6-10(17)16-11-8(12(18)19)4-7(13)5-9(11)14/h4-5,15H,2-3,6H2,1H3,(H,16,17)(H,18,19). The highest BCUT2D eigenvalue weighted by Gasteiger charge is 2.17. The first-order chi connectivity index (χ1) is 8.95. The predicted octanol–water partition coefficient (Wildman–Crippen LogP) is 2.63. The van der Waals surface area contributed by atoms with Crippen molar-refractivity contribution in [3.8, 4) is 0 Å². The lowest BCUT2D eigenvalue weighted by Gasteiger charge is -2.11. The number of nitrogens with one attached hydrogen (secondary N) is 2. The van der Waals surface area contributed by atoms with Crippen LogP contribution in [0.25, 0.3) is 0 Å². The Hall–Kier alpha value is -1.30. The van der Waals surface area contributed by atoms with Crippen LogP contribution >= 0.6 is 23.2 Å². The lowest BCUT2D eigenvalue weighted by molar-refractivity contribution is -0.115. The van der Waals surface area contributed by atoms with E-state index in [4.69, 9.17) is 28.3 Å². The lowest BCUT2D eigenvalue weighted by atomic mass is 10.1. The van der Waals surface area contributed by atoms with Gasteiger partial charge in [-0.05, 0) is 25.1 Å². The van der Waals surface area contributed by atoms with Gasteiger partial charge in [0, 0.05) is 5.02 Å². The molecule has 0 radical (unpaired) electrons. The molecule has 0 spiro atoms. The Bertz CT molecular complexity index is 492. The van der Waals surface area contributed by atoms with Gasteiger partial charge in [0.2, 0.25) is 5.91 Å². The molecule has 0 bridgehead atoms. The Kier molecular flexibility index (Phi) is 6.08. The average molecular weight is 305 g/mol. The summed E-state index contributed by atoms with van der Waals surface area (Å²) in [6, 6.07) is 2.62. The Labute approximate surface area is 120 Å². The van der Waals surface area contributed by atoms with Crippen molar-refractivity contribution in [3.05, 3.63) is 27.7 Å². The molecule has 1 aromatic carbocycles.